The Morgan fingerprint density at radius 2 is 2.12 bits per heavy atom. The predicted molar refractivity (Wildman–Crippen MR) is 72.4 cm³/mol. The van der Waals surface area contributed by atoms with Crippen LogP contribution in [0.3, 0.4) is 0 Å². The van der Waals surface area contributed by atoms with Crippen LogP contribution in [0.4, 0.5) is 5.69 Å². The van der Waals surface area contributed by atoms with E-state index in [0.29, 0.717) is 12.6 Å². The van der Waals surface area contributed by atoms with Gasteiger partial charge in [-0.2, -0.15) is 0 Å². The molecule has 0 aliphatic heterocycles. The topological polar surface area (TPSA) is 29.3 Å². The second-order valence-corrected chi connectivity index (χ2v) is 4.55. The molecule has 1 aromatic carbocycles. The van der Waals surface area contributed by atoms with Gasteiger partial charge >= 0.3 is 0 Å². The van der Waals surface area contributed by atoms with E-state index in [2.05, 4.69) is 31.9 Å². The van der Waals surface area contributed by atoms with Crippen molar-refractivity contribution in [3.8, 4) is 0 Å². The highest BCUT2D eigenvalue weighted by Crippen LogP contribution is 2.28. The van der Waals surface area contributed by atoms with E-state index in [-0.39, 0.29) is 0 Å². The molecule has 1 unspecified atom stereocenters. The number of halogens is 1. The van der Waals surface area contributed by atoms with Crippen molar-refractivity contribution < 1.29 is 0 Å². The van der Waals surface area contributed by atoms with Crippen molar-refractivity contribution in [1.29, 1.82) is 0 Å². The Morgan fingerprint density at radius 3 is 2.69 bits per heavy atom. The average molecular weight is 241 g/mol. The van der Waals surface area contributed by atoms with Crippen LogP contribution in [0.2, 0.25) is 5.02 Å². The molecule has 0 amide bonds. The van der Waals surface area contributed by atoms with Crippen LogP contribution in [-0.2, 0) is 6.42 Å². The van der Waals surface area contributed by atoms with Crippen molar-refractivity contribution in [1.82, 2.24) is 0 Å². The lowest BCUT2D eigenvalue weighted by Gasteiger charge is -2.28. The van der Waals surface area contributed by atoms with Gasteiger partial charge in [0.25, 0.3) is 0 Å². The Morgan fingerprint density at radius 1 is 1.44 bits per heavy atom. The molecule has 1 atom stereocenters. The molecule has 0 bridgehead atoms. The predicted octanol–water partition coefficient (Wildman–Crippen LogP) is 3.08. The Labute approximate surface area is 103 Å². The number of benzene rings is 1. The van der Waals surface area contributed by atoms with Crippen LogP contribution in [-0.4, -0.2) is 19.6 Å². The van der Waals surface area contributed by atoms with Gasteiger partial charge in [0.1, 0.15) is 0 Å². The molecular weight excluding hydrogens is 220 g/mol. The molecule has 0 fully saturated rings. The molecule has 3 heteroatoms. The Balaban J connectivity index is 3.06. The van der Waals surface area contributed by atoms with Crippen LogP contribution < -0.4 is 10.6 Å². The Kier molecular flexibility index (Phi) is 5.10. The molecule has 0 aliphatic rings. The molecule has 0 saturated carbocycles. The summed E-state index contributed by atoms with van der Waals surface area (Å²) in [4.78, 5) is 2.27. The van der Waals surface area contributed by atoms with Crippen molar-refractivity contribution >= 4 is 17.3 Å². The molecule has 2 nitrogen and oxygen atoms in total. The van der Waals surface area contributed by atoms with Crippen LogP contribution in [0, 0.1) is 0 Å². The molecule has 0 heterocycles. The lowest BCUT2D eigenvalue weighted by Crippen LogP contribution is -2.29. The summed E-state index contributed by atoms with van der Waals surface area (Å²) in [6.45, 7) is 5.03. The number of hydrogen-bond acceptors (Lipinski definition) is 2. The van der Waals surface area contributed by atoms with Crippen LogP contribution in [0.15, 0.2) is 18.2 Å². The van der Waals surface area contributed by atoms with E-state index >= 15 is 0 Å². The third-order valence-corrected chi connectivity index (χ3v) is 3.47. The van der Waals surface area contributed by atoms with E-state index in [4.69, 9.17) is 17.3 Å². The zero-order chi connectivity index (χ0) is 12.1. The van der Waals surface area contributed by atoms with Crippen molar-refractivity contribution in [3.63, 3.8) is 0 Å². The van der Waals surface area contributed by atoms with Gasteiger partial charge in [0.05, 0.1) is 0 Å². The average Bonchev–Trinajstić information content (AvgIpc) is 2.30. The van der Waals surface area contributed by atoms with E-state index < -0.39 is 0 Å². The van der Waals surface area contributed by atoms with Crippen LogP contribution in [0.5, 0.6) is 0 Å². The number of nitrogens with two attached hydrogens (primary N) is 1. The summed E-state index contributed by atoms with van der Waals surface area (Å²) in [5, 5.41) is 0.818. The summed E-state index contributed by atoms with van der Waals surface area (Å²) >= 11 is 6.22. The van der Waals surface area contributed by atoms with Gasteiger partial charge < -0.3 is 10.6 Å². The number of hydrogen-bond donors (Lipinski definition) is 1. The standard InChI is InChI=1S/C13H21ClN2/c1-4-10(2)16(3)13-7-5-6-12(14)11(13)8-9-15/h5-7,10H,4,8-9,15H2,1-3H3. The van der Waals surface area contributed by atoms with E-state index in [1.807, 2.05) is 12.1 Å². The van der Waals surface area contributed by atoms with Gasteiger partial charge in [0.15, 0.2) is 0 Å². The van der Waals surface area contributed by atoms with Crippen molar-refractivity contribution in [2.24, 2.45) is 5.73 Å². The monoisotopic (exact) mass is 240 g/mol. The smallest absolute Gasteiger partial charge is 0.0459 e. The first kappa shape index (κ1) is 13.3. The quantitative estimate of drug-likeness (QED) is 0.857. The summed E-state index contributed by atoms with van der Waals surface area (Å²) in [5.74, 6) is 0. The van der Waals surface area contributed by atoms with E-state index in [9.17, 15) is 0 Å². The molecule has 0 aromatic heterocycles. The fourth-order valence-electron chi connectivity index (χ4n) is 1.78. The van der Waals surface area contributed by atoms with Gasteiger partial charge in [-0.15, -0.1) is 0 Å². The van der Waals surface area contributed by atoms with Gasteiger partial charge in [-0.1, -0.05) is 24.6 Å². The van der Waals surface area contributed by atoms with Crippen molar-refractivity contribution in [2.45, 2.75) is 32.7 Å². The third kappa shape index (κ3) is 2.89. The zero-order valence-corrected chi connectivity index (χ0v) is 11.1. The molecule has 90 valence electrons. The number of rotatable bonds is 5. The number of anilines is 1. The minimum Gasteiger partial charge on any atom is -0.372 e. The molecule has 0 saturated heterocycles. The largest absolute Gasteiger partial charge is 0.372 e. The second kappa shape index (κ2) is 6.12. The highest BCUT2D eigenvalue weighted by atomic mass is 35.5. The Hall–Kier alpha value is -0.730. The van der Waals surface area contributed by atoms with E-state index in [1.54, 1.807) is 0 Å². The normalized spacial score (nSPS) is 12.6. The zero-order valence-electron chi connectivity index (χ0n) is 10.3. The van der Waals surface area contributed by atoms with Crippen LogP contribution in [0.25, 0.3) is 0 Å². The molecule has 0 radical (unpaired) electrons. The minimum absolute atomic E-state index is 0.509. The molecule has 1 aromatic rings. The molecule has 2 N–H and O–H groups in total. The highest BCUT2D eigenvalue weighted by Gasteiger charge is 2.13. The Bertz CT molecular complexity index is 339. The van der Waals surface area contributed by atoms with Gasteiger partial charge in [-0.3, -0.25) is 0 Å². The number of nitrogens with zero attached hydrogens (tertiary/aromatic N) is 1. The van der Waals surface area contributed by atoms with Crippen molar-refractivity contribution in [3.05, 3.63) is 28.8 Å². The summed E-state index contributed by atoms with van der Waals surface area (Å²) in [6.07, 6.45) is 1.95. The molecule has 0 spiro atoms. The van der Waals surface area contributed by atoms with E-state index in [0.717, 1.165) is 23.4 Å². The van der Waals surface area contributed by atoms with Crippen LogP contribution in [0.1, 0.15) is 25.8 Å². The molecule has 0 aliphatic carbocycles. The summed E-state index contributed by atoms with van der Waals surface area (Å²) in [7, 11) is 2.11. The van der Waals surface area contributed by atoms with Crippen LogP contribution >= 0.6 is 11.6 Å². The molecular formula is C13H21ClN2. The maximum Gasteiger partial charge on any atom is 0.0459 e. The maximum atomic E-state index is 6.22. The lowest BCUT2D eigenvalue weighted by atomic mass is 10.1. The first-order chi connectivity index (χ1) is 7.61. The fraction of sp³-hybridized carbons (Fsp3) is 0.538. The van der Waals surface area contributed by atoms with Gasteiger partial charge in [0, 0.05) is 23.8 Å². The molecule has 16 heavy (non-hydrogen) atoms. The second-order valence-electron chi connectivity index (χ2n) is 4.14. The third-order valence-electron chi connectivity index (χ3n) is 3.12. The SMILES string of the molecule is CCC(C)N(C)c1cccc(Cl)c1CCN. The van der Waals surface area contributed by atoms with E-state index in [1.165, 1.54) is 5.69 Å². The summed E-state index contributed by atoms with van der Waals surface area (Å²) in [6, 6.07) is 6.55. The summed E-state index contributed by atoms with van der Waals surface area (Å²) < 4.78 is 0. The van der Waals surface area contributed by atoms with Gasteiger partial charge in [-0.05, 0) is 44.0 Å². The van der Waals surface area contributed by atoms with Gasteiger partial charge in [-0.25, -0.2) is 0 Å². The first-order valence-electron chi connectivity index (χ1n) is 5.82. The highest BCUT2D eigenvalue weighted by molar-refractivity contribution is 6.31. The summed E-state index contributed by atoms with van der Waals surface area (Å²) in [5.41, 5.74) is 7.99. The fourth-order valence-corrected chi connectivity index (χ4v) is 2.04. The lowest BCUT2D eigenvalue weighted by molar-refractivity contribution is 0.661. The minimum atomic E-state index is 0.509. The maximum absolute atomic E-state index is 6.22. The van der Waals surface area contributed by atoms with Gasteiger partial charge in [0.2, 0.25) is 0 Å². The first-order valence-corrected chi connectivity index (χ1v) is 6.19. The van der Waals surface area contributed by atoms with Crippen molar-refractivity contribution in [2.75, 3.05) is 18.5 Å². The molecule has 1 rings (SSSR count).